The topological polar surface area (TPSA) is 75.0 Å². The average Bonchev–Trinajstić information content (AvgIpc) is 3.64. The van der Waals surface area contributed by atoms with Gasteiger partial charge in [0.1, 0.15) is 18.1 Å². The van der Waals surface area contributed by atoms with Crippen LogP contribution in [-0.4, -0.2) is 54.3 Å². The van der Waals surface area contributed by atoms with Crippen molar-refractivity contribution in [2.45, 2.75) is 45.8 Å². The van der Waals surface area contributed by atoms with Crippen LogP contribution in [0.4, 0.5) is 0 Å². The second kappa shape index (κ2) is 11.9. The second-order valence-corrected chi connectivity index (χ2v) is 10.5. The molecule has 0 bridgehead atoms. The number of nitrogens with one attached hydrogen (secondary N) is 1. The molecule has 1 aromatic heterocycles. The van der Waals surface area contributed by atoms with Gasteiger partial charge in [-0.15, -0.1) is 0 Å². The molecular formula is C31H37N3O4. The quantitative estimate of drug-likeness (QED) is 0.443. The van der Waals surface area contributed by atoms with E-state index in [2.05, 4.69) is 28.4 Å². The zero-order valence-electron chi connectivity index (χ0n) is 22.3. The molecule has 2 aromatic carbocycles. The van der Waals surface area contributed by atoms with Crippen LogP contribution in [0.15, 0.2) is 65.1 Å². The standard InChI is InChI=1S/C31H37N3O4/c1-22(2)31(36)34-18-14-23-10-11-25(20-27(23)29(34)24-8-4-3-5-9-24)37-21-26-12-13-28(38-26)30(35)32-15-19-33-16-6-7-17-33/h3-5,8-13,20,22,29H,6-7,14-19,21H2,1-2H3,(H,32,35). The lowest BCUT2D eigenvalue weighted by Gasteiger charge is -2.39. The first-order valence-corrected chi connectivity index (χ1v) is 13.7. The molecule has 1 fully saturated rings. The molecule has 1 N–H and O–H groups in total. The lowest BCUT2D eigenvalue weighted by molar-refractivity contribution is -0.136. The predicted molar refractivity (Wildman–Crippen MR) is 146 cm³/mol. The van der Waals surface area contributed by atoms with Gasteiger partial charge in [-0.1, -0.05) is 50.2 Å². The van der Waals surface area contributed by atoms with Gasteiger partial charge in [-0.25, -0.2) is 0 Å². The number of hydrogen-bond donors (Lipinski definition) is 1. The summed E-state index contributed by atoms with van der Waals surface area (Å²) in [5.74, 6) is 1.46. The van der Waals surface area contributed by atoms with Crippen LogP contribution in [0.3, 0.4) is 0 Å². The average molecular weight is 516 g/mol. The Morgan fingerprint density at radius 3 is 2.58 bits per heavy atom. The molecule has 200 valence electrons. The van der Waals surface area contributed by atoms with Gasteiger partial charge in [-0.2, -0.15) is 0 Å². The van der Waals surface area contributed by atoms with E-state index in [1.165, 1.54) is 18.4 Å². The molecule has 3 aromatic rings. The highest BCUT2D eigenvalue weighted by atomic mass is 16.5. The van der Waals surface area contributed by atoms with Crippen molar-refractivity contribution in [3.63, 3.8) is 0 Å². The molecule has 0 spiro atoms. The van der Waals surface area contributed by atoms with Crippen LogP contribution in [0.5, 0.6) is 5.75 Å². The SMILES string of the molecule is CC(C)C(=O)N1CCc2ccc(OCc3ccc(C(=O)NCCN4CCCC4)o3)cc2C1c1ccccc1. The monoisotopic (exact) mass is 515 g/mol. The zero-order valence-corrected chi connectivity index (χ0v) is 22.3. The van der Waals surface area contributed by atoms with E-state index < -0.39 is 0 Å². The third-order valence-electron chi connectivity index (χ3n) is 7.42. The maximum Gasteiger partial charge on any atom is 0.287 e. The zero-order chi connectivity index (χ0) is 26.5. The summed E-state index contributed by atoms with van der Waals surface area (Å²) in [4.78, 5) is 30.0. The number of carbonyl (C=O) groups is 2. The molecule has 1 unspecified atom stereocenters. The molecular weight excluding hydrogens is 478 g/mol. The molecule has 2 amide bonds. The first-order valence-electron chi connectivity index (χ1n) is 13.7. The first kappa shape index (κ1) is 26.0. The molecule has 0 saturated carbocycles. The van der Waals surface area contributed by atoms with Gasteiger partial charge in [-0.05, 0) is 73.3 Å². The van der Waals surface area contributed by atoms with Gasteiger partial charge >= 0.3 is 0 Å². The number of likely N-dealkylation sites (tertiary alicyclic amines) is 1. The van der Waals surface area contributed by atoms with Gasteiger partial charge in [0.05, 0.1) is 6.04 Å². The highest BCUT2D eigenvalue weighted by Gasteiger charge is 2.33. The van der Waals surface area contributed by atoms with Crippen molar-refractivity contribution in [1.29, 1.82) is 0 Å². The molecule has 0 aliphatic carbocycles. The lowest BCUT2D eigenvalue weighted by atomic mass is 9.87. The van der Waals surface area contributed by atoms with Crippen molar-refractivity contribution in [1.82, 2.24) is 15.1 Å². The Kier molecular flexibility index (Phi) is 8.13. The van der Waals surface area contributed by atoms with E-state index in [4.69, 9.17) is 9.15 Å². The molecule has 1 atom stereocenters. The summed E-state index contributed by atoms with van der Waals surface area (Å²) in [6, 6.07) is 19.6. The highest BCUT2D eigenvalue weighted by Crippen LogP contribution is 2.38. The largest absolute Gasteiger partial charge is 0.486 e. The summed E-state index contributed by atoms with van der Waals surface area (Å²) in [6.07, 6.45) is 3.29. The number of amides is 2. The minimum atomic E-state index is -0.204. The number of rotatable bonds is 9. The Labute approximate surface area is 224 Å². The molecule has 2 aliphatic rings. The van der Waals surface area contributed by atoms with Gasteiger partial charge < -0.3 is 24.3 Å². The van der Waals surface area contributed by atoms with Crippen molar-refractivity contribution in [2.24, 2.45) is 5.92 Å². The Hall–Kier alpha value is -3.58. The molecule has 0 radical (unpaired) electrons. The summed E-state index contributed by atoms with van der Waals surface area (Å²) >= 11 is 0. The summed E-state index contributed by atoms with van der Waals surface area (Å²) in [7, 11) is 0. The van der Waals surface area contributed by atoms with E-state index in [9.17, 15) is 9.59 Å². The number of nitrogens with zero attached hydrogens (tertiary/aromatic N) is 2. The van der Waals surface area contributed by atoms with Crippen molar-refractivity contribution in [3.05, 3.63) is 88.9 Å². The van der Waals surface area contributed by atoms with Gasteiger partial charge in [0.2, 0.25) is 5.91 Å². The smallest absolute Gasteiger partial charge is 0.287 e. The van der Waals surface area contributed by atoms with Gasteiger partial charge in [0, 0.05) is 25.6 Å². The van der Waals surface area contributed by atoms with Crippen LogP contribution in [0.25, 0.3) is 0 Å². The van der Waals surface area contributed by atoms with E-state index in [1.807, 2.05) is 49.1 Å². The van der Waals surface area contributed by atoms with Crippen LogP contribution in [0.2, 0.25) is 0 Å². The van der Waals surface area contributed by atoms with E-state index in [0.717, 1.165) is 37.2 Å². The number of ether oxygens (including phenoxy) is 1. The predicted octanol–water partition coefficient (Wildman–Crippen LogP) is 4.81. The normalized spacial score (nSPS) is 17.4. The summed E-state index contributed by atoms with van der Waals surface area (Å²) in [6.45, 7) is 8.50. The molecule has 38 heavy (non-hydrogen) atoms. The van der Waals surface area contributed by atoms with Gasteiger partial charge in [0.25, 0.3) is 5.91 Å². The summed E-state index contributed by atoms with van der Waals surface area (Å²) in [5, 5.41) is 2.94. The maximum absolute atomic E-state index is 13.1. The third-order valence-corrected chi connectivity index (χ3v) is 7.42. The van der Waals surface area contributed by atoms with Crippen LogP contribution >= 0.6 is 0 Å². The Bertz CT molecular complexity index is 1250. The molecule has 7 heteroatoms. The lowest BCUT2D eigenvalue weighted by Crippen LogP contribution is -2.42. The second-order valence-electron chi connectivity index (χ2n) is 10.5. The molecule has 1 saturated heterocycles. The number of benzene rings is 2. The van der Waals surface area contributed by atoms with Crippen molar-refractivity contribution >= 4 is 11.8 Å². The van der Waals surface area contributed by atoms with Gasteiger partial charge in [0.15, 0.2) is 5.76 Å². The van der Waals surface area contributed by atoms with Crippen molar-refractivity contribution in [3.8, 4) is 5.75 Å². The van der Waals surface area contributed by atoms with E-state index in [0.29, 0.717) is 30.4 Å². The van der Waals surface area contributed by atoms with E-state index in [1.54, 1.807) is 12.1 Å². The van der Waals surface area contributed by atoms with E-state index >= 15 is 0 Å². The third kappa shape index (κ3) is 5.94. The Morgan fingerprint density at radius 1 is 1.03 bits per heavy atom. The molecule has 3 heterocycles. The highest BCUT2D eigenvalue weighted by molar-refractivity contribution is 5.91. The minimum absolute atomic E-state index is 0.0761. The number of furan rings is 1. The Balaban J connectivity index is 1.26. The van der Waals surface area contributed by atoms with Gasteiger partial charge in [-0.3, -0.25) is 9.59 Å². The van der Waals surface area contributed by atoms with Crippen LogP contribution in [-0.2, 0) is 17.8 Å². The van der Waals surface area contributed by atoms with Crippen molar-refractivity contribution in [2.75, 3.05) is 32.7 Å². The Morgan fingerprint density at radius 2 is 1.82 bits per heavy atom. The summed E-state index contributed by atoms with van der Waals surface area (Å²) in [5.41, 5.74) is 3.40. The fourth-order valence-corrected chi connectivity index (χ4v) is 5.40. The number of hydrogen-bond acceptors (Lipinski definition) is 5. The molecule has 5 rings (SSSR count). The molecule has 7 nitrogen and oxygen atoms in total. The number of fused-ring (bicyclic) bond motifs is 1. The van der Waals surface area contributed by atoms with Crippen molar-refractivity contribution < 1.29 is 18.7 Å². The molecule has 2 aliphatic heterocycles. The summed E-state index contributed by atoms with van der Waals surface area (Å²) < 4.78 is 11.9. The fourth-order valence-electron chi connectivity index (χ4n) is 5.40. The van der Waals surface area contributed by atoms with Crippen LogP contribution < -0.4 is 10.1 Å². The fraction of sp³-hybridized carbons (Fsp3) is 0.419. The van der Waals surface area contributed by atoms with E-state index in [-0.39, 0.29) is 30.4 Å². The number of carbonyl (C=O) groups excluding carboxylic acids is 2. The van der Waals surface area contributed by atoms with Crippen LogP contribution in [0.1, 0.15) is 65.7 Å². The van der Waals surface area contributed by atoms with Crippen LogP contribution in [0, 0.1) is 5.92 Å². The minimum Gasteiger partial charge on any atom is -0.486 e. The maximum atomic E-state index is 13.1. The first-order chi connectivity index (χ1) is 18.5.